The molecule has 0 N–H and O–H groups in total. The Morgan fingerprint density at radius 3 is 2.26 bits per heavy atom. The smallest absolute Gasteiger partial charge is 0.369 e. The molecule has 0 fully saturated rings. The zero-order valence-corrected chi connectivity index (χ0v) is 11.9. The van der Waals surface area contributed by atoms with Crippen LogP contribution in [0.15, 0.2) is 12.2 Å². The molecule has 0 heterocycles. The zero-order valence-electron chi connectivity index (χ0n) is 11.9. The molecule has 0 aromatic heterocycles. The van der Waals surface area contributed by atoms with Gasteiger partial charge >= 0.3 is 11.9 Å². The quantitative estimate of drug-likeness (QED) is 0.223. The van der Waals surface area contributed by atoms with Crippen LogP contribution in [0.4, 0.5) is 0 Å². The summed E-state index contributed by atoms with van der Waals surface area (Å²) in [6, 6.07) is 0. The van der Waals surface area contributed by atoms with Crippen LogP contribution in [-0.4, -0.2) is 24.1 Å². The van der Waals surface area contributed by atoms with Crippen LogP contribution in [0.25, 0.3) is 0 Å². The number of unbranched alkanes of at least 4 members (excludes halogenated alkanes) is 2. The monoisotopic (exact) mass is 274 g/mol. The molecular formula is C13H22O6. The van der Waals surface area contributed by atoms with Crippen LogP contribution >= 0.6 is 0 Å². The number of rotatable bonds is 8. The Balaban J connectivity index is 3.73. The largest absolute Gasteiger partial charge is 0.463 e. The van der Waals surface area contributed by atoms with Crippen LogP contribution in [0.2, 0.25) is 0 Å². The maximum atomic E-state index is 11.2. The molecule has 0 aromatic carbocycles. The molecule has 6 nitrogen and oxygen atoms in total. The van der Waals surface area contributed by atoms with E-state index in [-0.39, 0.29) is 0 Å². The predicted molar refractivity (Wildman–Crippen MR) is 67.6 cm³/mol. The first-order chi connectivity index (χ1) is 8.85. The molecule has 0 atom stereocenters. The fourth-order valence-corrected chi connectivity index (χ4v) is 0.889. The SMILES string of the molecule is CCCCCOC(=O)C=CC(=O)OOOC(C)(C)C. The Morgan fingerprint density at radius 2 is 1.68 bits per heavy atom. The van der Waals surface area contributed by atoms with Gasteiger partial charge in [-0.15, -0.1) is 0 Å². The summed E-state index contributed by atoms with van der Waals surface area (Å²) in [5.41, 5.74) is -0.595. The second-order valence-corrected chi connectivity index (χ2v) is 4.87. The second-order valence-electron chi connectivity index (χ2n) is 4.87. The summed E-state index contributed by atoms with van der Waals surface area (Å²) in [6.45, 7) is 7.58. The first kappa shape index (κ1) is 17.6. The lowest BCUT2D eigenvalue weighted by atomic mass is 10.2. The first-order valence-corrected chi connectivity index (χ1v) is 6.26. The minimum atomic E-state index is -0.852. The van der Waals surface area contributed by atoms with Gasteiger partial charge in [0, 0.05) is 12.2 Å². The summed E-state index contributed by atoms with van der Waals surface area (Å²) in [7, 11) is 0. The molecule has 0 bridgehead atoms. The first-order valence-electron chi connectivity index (χ1n) is 6.26. The third-order valence-electron chi connectivity index (χ3n) is 1.75. The topological polar surface area (TPSA) is 71.1 Å². The molecule has 0 aliphatic rings. The van der Waals surface area contributed by atoms with E-state index in [9.17, 15) is 9.59 Å². The molecule has 0 unspecified atom stereocenters. The Kier molecular flexibility index (Phi) is 8.82. The van der Waals surface area contributed by atoms with Gasteiger partial charge in [-0.05, 0) is 32.2 Å². The molecule has 0 aliphatic carbocycles. The second kappa shape index (κ2) is 9.52. The van der Waals surface area contributed by atoms with Crippen molar-refractivity contribution in [1.82, 2.24) is 0 Å². The number of ether oxygens (including phenoxy) is 1. The maximum absolute atomic E-state index is 11.2. The van der Waals surface area contributed by atoms with Crippen molar-refractivity contribution in [2.45, 2.75) is 52.6 Å². The van der Waals surface area contributed by atoms with Crippen molar-refractivity contribution in [3.05, 3.63) is 12.2 Å². The van der Waals surface area contributed by atoms with E-state index >= 15 is 0 Å². The fourth-order valence-electron chi connectivity index (χ4n) is 0.889. The zero-order chi connectivity index (χ0) is 14.7. The molecule has 0 saturated heterocycles. The standard InChI is InChI=1S/C13H22O6/c1-5-6-7-10-16-11(14)8-9-12(15)17-19-18-13(2,3)4/h8-9H,5-7,10H2,1-4H3. The van der Waals surface area contributed by atoms with Crippen LogP contribution in [0, 0.1) is 0 Å². The van der Waals surface area contributed by atoms with Crippen molar-refractivity contribution in [2.24, 2.45) is 0 Å². The van der Waals surface area contributed by atoms with Gasteiger partial charge in [0.2, 0.25) is 0 Å². The van der Waals surface area contributed by atoms with Crippen LogP contribution in [0.1, 0.15) is 47.0 Å². The van der Waals surface area contributed by atoms with Crippen molar-refractivity contribution in [3.8, 4) is 0 Å². The lowest BCUT2D eigenvalue weighted by molar-refractivity contribution is -0.513. The molecule has 0 radical (unpaired) electrons. The lowest BCUT2D eigenvalue weighted by Gasteiger charge is -2.14. The van der Waals surface area contributed by atoms with Gasteiger partial charge in [0.05, 0.1) is 12.2 Å². The third kappa shape index (κ3) is 12.8. The molecule has 0 saturated carbocycles. The van der Waals surface area contributed by atoms with Gasteiger partial charge in [-0.3, -0.25) is 4.89 Å². The Hall–Kier alpha value is -1.40. The van der Waals surface area contributed by atoms with Crippen molar-refractivity contribution in [2.75, 3.05) is 6.61 Å². The molecule has 0 aromatic rings. The average molecular weight is 274 g/mol. The van der Waals surface area contributed by atoms with E-state index in [1.165, 1.54) is 0 Å². The number of carbonyl (C=O) groups is 2. The normalized spacial score (nSPS) is 11.6. The van der Waals surface area contributed by atoms with Gasteiger partial charge in [-0.25, -0.2) is 9.59 Å². The number of esters is 1. The minimum absolute atomic E-state index is 0.343. The third-order valence-corrected chi connectivity index (χ3v) is 1.75. The van der Waals surface area contributed by atoms with Gasteiger partial charge < -0.3 is 4.74 Å². The lowest BCUT2D eigenvalue weighted by Crippen LogP contribution is -2.20. The van der Waals surface area contributed by atoms with Gasteiger partial charge in [0.15, 0.2) is 0 Å². The van der Waals surface area contributed by atoms with Crippen LogP contribution in [-0.2, 0) is 29.1 Å². The highest BCUT2D eigenvalue weighted by molar-refractivity contribution is 5.91. The number of carbonyl (C=O) groups excluding carboxylic acids is 2. The van der Waals surface area contributed by atoms with Gasteiger partial charge in [0.25, 0.3) is 0 Å². The molecule has 110 valence electrons. The van der Waals surface area contributed by atoms with E-state index in [0.29, 0.717) is 6.61 Å². The summed E-state index contributed by atoms with van der Waals surface area (Å²) < 4.78 is 4.85. The molecule has 0 amide bonds. The molecule has 0 rings (SSSR count). The van der Waals surface area contributed by atoms with Gasteiger partial charge in [0.1, 0.15) is 0 Å². The summed E-state index contributed by atoms with van der Waals surface area (Å²) in [6.07, 6.45) is 4.74. The van der Waals surface area contributed by atoms with Crippen molar-refractivity contribution in [3.63, 3.8) is 0 Å². The fraction of sp³-hybridized carbons (Fsp3) is 0.692. The van der Waals surface area contributed by atoms with Crippen LogP contribution < -0.4 is 0 Å². The Morgan fingerprint density at radius 1 is 1.05 bits per heavy atom. The molecule has 19 heavy (non-hydrogen) atoms. The Labute approximate surface area is 113 Å². The predicted octanol–water partition coefficient (Wildman–Crippen LogP) is 2.48. The van der Waals surface area contributed by atoms with E-state index in [1.807, 2.05) is 0 Å². The van der Waals surface area contributed by atoms with Crippen molar-refractivity contribution < 1.29 is 29.1 Å². The maximum Gasteiger partial charge on any atom is 0.369 e. The molecule has 0 aliphatic heterocycles. The Bertz CT molecular complexity index is 303. The summed E-state index contributed by atoms with van der Waals surface area (Å²) in [4.78, 5) is 31.2. The van der Waals surface area contributed by atoms with Crippen LogP contribution in [0.5, 0.6) is 0 Å². The minimum Gasteiger partial charge on any atom is -0.463 e. The molecule has 6 heteroatoms. The summed E-state index contributed by atoms with van der Waals surface area (Å²) in [5.74, 6) is -1.44. The van der Waals surface area contributed by atoms with Gasteiger partial charge in [-0.2, -0.15) is 4.89 Å². The highest BCUT2D eigenvalue weighted by atomic mass is 17.5. The van der Waals surface area contributed by atoms with Crippen LogP contribution in [0.3, 0.4) is 0 Å². The highest BCUT2D eigenvalue weighted by Gasteiger charge is 2.13. The van der Waals surface area contributed by atoms with E-state index in [4.69, 9.17) is 9.62 Å². The molecule has 0 spiro atoms. The van der Waals surface area contributed by atoms with Gasteiger partial charge in [-0.1, -0.05) is 19.8 Å². The number of hydrogen-bond donors (Lipinski definition) is 0. The number of hydrogen-bond acceptors (Lipinski definition) is 6. The van der Waals surface area contributed by atoms with E-state index < -0.39 is 17.5 Å². The van der Waals surface area contributed by atoms with Crippen molar-refractivity contribution in [1.29, 1.82) is 0 Å². The average Bonchev–Trinajstić information content (AvgIpc) is 2.30. The summed E-state index contributed by atoms with van der Waals surface area (Å²) >= 11 is 0. The highest BCUT2D eigenvalue weighted by Crippen LogP contribution is 2.07. The summed E-state index contributed by atoms with van der Waals surface area (Å²) in [5, 5.41) is 4.25. The van der Waals surface area contributed by atoms with E-state index in [0.717, 1.165) is 31.4 Å². The van der Waals surface area contributed by atoms with E-state index in [2.05, 4.69) is 16.8 Å². The molecular weight excluding hydrogens is 252 g/mol. The van der Waals surface area contributed by atoms with E-state index in [1.54, 1.807) is 20.8 Å². The van der Waals surface area contributed by atoms with Crippen molar-refractivity contribution >= 4 is 11.9 Å².